The van der Waals surface area contributed by atoms with Crippen LogP contribution in [0.25, 0.3) is 0 Å². The summed E-state index contributed by atoms with van der Waals surface area (Å²) >= 11 is 9.19. The van der Waals surface area contributed by atoms with Crippen LogP contribution >= 0.6 is 27.5 Å². The van der Waals surface area contributed by atoms with Crippen molar-refractivity contribution in [2.24, 2.45) is 5.41 Å². The van der Waals surface area contributed by atoms with Gasteiger partial charge >= 0.3 is 0 Å². The lowest BCUT2D eigenvalue weighted by Gasteiger charge is -2.15. The van der Waals surface area contributed by atoms with Crippen LogP contribution in [0, 0.1) is 16.7 Å². The maximum Gasteiger partial charge on any atom is 0.244 e. The third kappa shape index (κ3) is 2.97. The molecule has 0 aliphatic carbocycles. The van der Waals surface area contributed by atoms with Crippen molar-refractivity contribution in [3.05, 3.63) is 27.7 Å². The fourth-order valence-corrected chi connectivity index (χ4v) is 1.45. The number of rotatable bonds is 2. The third-order valence-corrected chi connectivity index (χ3v) is 2.85. The minimum absolute atomic E-state index is 0.380. The van der Waals surface area contributed by atoms with Crippen LogP contribution in [-0.2, 0) is 4.79 Å². The minimum Gasteiger partial charge on any atom is -0.323 e. The van der Waals surface area contributed by atoms with Crippen LogP contribution in [0.1, 0.15) is 13.8 Å². The normalized spacial score (nSPS) is 10.7. The number of nitrogens with one attached hydrogen (secondary N) is 1. The second kappa shape index (κ2) is 4.86. The predicted octanol–water partition coefficient (Wildman–Crippen LogP) is 3.59. The lowest BCUT2D eigenvalue weighted by atomic mass is 9.94. The predicted molar refractivity (Wildman–Crippen MR) is 67.2 cm³/mol. The quantitative estimate of drug-likeness (QED) is 0.907. The summed E-state index contributed by atoms with van der Waals surface area (Å²) in [6, 6.07) is 7.06. The molecule has 0 spiro atoms. The van der Waals surface area contributed by atoms with E-state index in [1.54, 1.807) is 32.0 Å². The molecule has 0 aliphatic heterocycles. The van der Waals surface area contributed by atoms with Gasteiger partial charge in [-0.15, -0.1) is 0 Å². The highest BCUT2D eigenvalue weighted by molar-refractivity contribution is 9.10. The Morgan fingerprint density at radius 3 is 2.75 bits per heavy atom. The van der Waals surface area contributed by atoms with E-state index >= 15 is 0 Å². The first-order chi connectivity index (χ1) is 7.36. The first kappa shape index (κ1) is 13.0. The molecule has 1 N–H and O–H groups in total. The van der Waals surface area contributed by atoms with E-state index < -0.39 is 5.41 Å². The van der Waals surface area contributed by atoms with Gasteiger partial charge in [0.05, 0.1) is 16.8 Å². The molecule has 5 heteroatoms. The van der Waals surface area contributed by atoms with Crippen molar-refractivity contribution >= 4 is 39.1 Å². The zero-order chi connectivity index (χ0) is 12.3. The SMILES string of the molecule is CC(C)(C#N)C(=O)Nc1cc(Br)ccc1Cl. The molecule has 0 bridgehead atoms. The fourth-order valence-electron chi connectivity index (χ4n) is 0.923. The highest BCUT2D eigenvalue weighted by atomic mass is 79.9. The standard InChI is InChI=1S/C11H10BrClN2O/c1-11(2,6-14)10(16)15-9-5-7(12)3-4-8(9)13/h3-5H,1-2H3,(H,15,16). The average Bonchev–Trinajstić information content (AvgIpc) is 2.23. The Balaban J connectivity index is 2.94. The molecular formula is C11H10BrClN2O. The molecule has 16 heavy (non-hydrogen) atoms. The van der Waals surface area contributed by atoms with Crippen LogP contribution in [-0.4, -0.2) is 5.91 Å². The zero-order valence-electron chi connectivity index (χ0n) is 8.84. The molecule has 0 radical (unpaired) electrons. The molecule has 0 saturated carbocycles. The Morgan fingerprint density at radius 2 is 2.19 bits per heavy atom. The zero-order valence-corrected chi connectivity index (χ0v) is 11.2. The van der Waals surface area contributed by atoms with E-state index in [0.29, 0.717) is 10.7 Å². The van der Waals surface area contributed by atoms with Crippen LogP contribution < -0.4 is 5.32 Å². The number of amides is 1. The minimum atomic E-state index is -1.08. The molecule has 0 aliphatic rings. The van der Waals surface area contributed by atoms with Crippen LogP contribution in [0.3, 0.4) is 0 Å². The molecule has 0 heterocycles. The van der Waals surface area contributed by atoms with Crippen LogP contribution in [0.15, 0.2) is 22.7 Å². The molecule has 0 unspecified atom stereocenters. The second-order valence-corrected chi connectivity index (χ2v) is 5.14. The third-order valence-electron chi connectivity index (χ3n) is 2.02. The fraction of sp³-hybridized carbons (Fsp3) is 0.273. The van der Waals surface area contributed by atoms with Gasteiger partial charge in [0.15, 0.2) is 0 Å². The van der Waals surface area contributed by atoms with Gasteiger partial charge in [-0.25, -0.2) is 0 Å². The second-order valence-electron chi connectivity index (χ2n) is 3.82. The molecule has 1 amide bonds. The number of benzene rings is 1. The summed E-state index contributed by atoms with van der Waals surface area (Å²) in [5.41, 5.74) is -0.588. The summed E-state index contributed by atoms with van der Waals surface area (Å²) in [5.74, 6) is -0.380. The van der Waals surface area contributed by atoms with Crippen molar-refractivity contribution in [2.75, 3.05) is 5.32 Å². The summed E-state index contributed by atoms with van der Waals surface area (Å²) in [4.78, 5) is 11.7. The number of anilines is 1. The number of halogens is 2. The van der Waals surface area contributed by atoms with Crippen molar-refractivity contribution < 1.29 is 4.79 Å². The van der Waals surface area contributed by atoms with Gasteiger partial charge in [0, 0.05) is 4.47 Å². The van der Waals surface area contributed by atoms with Gasteiger partial charge < -0.3 is 5.32 Å². The van der Waals surface area contributed by atoms with Crippen LogP contribution in [0.4, 0.5) is 5.69 Å². The Bertz CT molecular complexity index is 466. The van der Waals surface area contributed by atoms with Crippen molar-refractivity contribution in [3.63, 3.8) is 0 Å². The number of nitriles is 1. The average molecular weight is 302 g/mol. The number of carbonyl (C=O) groups is 1. The number of hydrogen-bond acceptors (Lipinski definition) is 2. The molecular weight excluding hydrogens is 291 g/mol. The van der Waals surface area contributed by atoms with E-state index in [4.69, 9.17) is 16.9 Å². The summed E-state index contributed by atoms with van der Waals surface area (Å²) < 4.78 is 0.807. The lowest BCUT2D eigenvalue weighted by molar-refractivity contribution is -0.121. The topological polar surface area (TPSA) is 52.9 Å². The first-order valence-corrected chi connectivity index (χ1v) is 5.71. The highest BCUT2D eigenvalue weighted by Crippen LogP contribution is 2.27. The molecule has 1 aromatic rings. The molecule has 0 saturated heterocycles. The van der Waals surface area contributed by atoms with Gasteiger partial charge in [-0.2, -0.15) is 5.26 Å². The summed E-state index contributed by atoms with van der Waals surface area (Å²) in [7, 11) is 0. The van der Waals surface area contributed by atoms with Crippen LogP contribution in [0.5, 0.6) is 0 Å². The molecule has 0 fully saturated rings. The highest BCUT2D eigenvalue weighted by Gasteiger charge is 2.27. The molecule has 1 rings (SSSR count). The maximum absolute atomic E-state index is 11.7. The van der Waals surface area contributed by atoms with Crippen molar-refractivity contribution in [2.45, 2.75) is 13.8 Å². The summed E-state index contributed by atoms with van der Waals surface area (Å²) in [6.45, 7) is 3.10. The van der Waals surface area contributed by atoms with Gasteiger partial charge in [0.25, 0.3) is 0 Å². The van der Waals surface area contributed by atoms with Gasteiger partial charge in [-0.3, -0.25) is 4.79 Å². The molecule has 0 aromatic heterocycles. The van der Waals surface area contributed by atoms with E-state index in [1.807, 2.05) is 6.07 Å². The van der Waals surface area contributed by atoms with Gasteiger partial charge in [0.1, 0.15) is 5.41 Å². The van der Waals surface area contributed by atoms with Gasteiger partial charge in [0.2, 0.25) is 5.91 Å². The number of carbonyl (C=O) groups excluding carboxylic acids is 1. The summed E-state index contributed by atoms with van der Waals surface area (Å²) in [5, 5.41) is 11.9. The largest absolute Gasteiger partial charge is 0.323 e. The Labute approximate surface area is 108 Å². The van der Waals surface area contributed by atoms with Gasteiger partial charge in [-0.1, -0.05) is 27.5 Å². The molecule has 0 atom stereocenters. The molecule has 84 valence electrons. The number of nitrogens with zero attached hydrogens (tertiary/aromatic N) is 1. The Morgan fingerprint density at radius 1 is 1.56 bits per heavy atom. The lowest BCUT2D eigenvalue weighted by Crippen LogP contribution is -2.29. The monoisotopic (exact) mass is 300 g/mol. The van der Waals surface area contributed by atoms with E-state index in [2.05, 4.69) is 21.2 Å². The molecule has 3 nitrogen and oxygen atoms in total. The van der Waals surface area contributed by atoms with E-state index in [0.717, 1.165) is 4.47 Å². The van der Waals surface area contributed by atoms with E-state index in [-0.39, 0.29) is 5.91 Å². The van der Waals surface area contributed by atoms with E-state index in [9.17, 15) is 4.79 Å². The van der Waals surface area contributed by atoms with Crippen molar-refractivity contribution in [1.29, 1.82) is 5.26 Å². The molecule has 1 aromatic carbocycles. The first-order valence-electron chi connectivity index (χ1n) is 4.54. The smallest absolute Gasteiger partial charge is 0.244 e. The van der Waals surface area contributed by atoms with Crippen molar-refractivity contribution in [1.82, 2.24) is 0 Å². The number of hydrogen-bond donors (Lipinski definition) is 1. The maximum atomic E-state index is 11.7. The Kier molecular flexibility index (Phi) is 3.95. The van der Waals surface area contributed by atoms with Crippen molar-refractivity contribution in [3.8, 4) is 6.07 Å². The van der Waals surface area contributed by atoms with Crippen LogP contribution in [0.2, 0.25) is 5.02 Å². The van der Waals surface area contributed by atoms with Gasteiger partial charge in [-0.05, 0) is 32.0 Å². The van der Waals surface area contributed by atoms with E-state index in [1.165, 1.54) is 0 Å². The summed E-state index contributed by atoms with van der Waals surface area (Å²) in [6.07, 6.45) is 0. The Hall–Kier alpha value is -1.05.